The Morgan fingerprint density at radius 1 is 1.40 bits per heavy atom. The number of nitro benzene ring substituents is 1. The highest BCUT2D eigenvalue weighted by Crippen LogP contribution is 2.19. The first-order chi connectivity index (χ1) is 11.9. The predicted molar refractivity (Wildman–Crippen MR) is 85.9 cm³/mol. The van der Waals surface area contributed by atoms with Crippen LogP contribution in [0, 0.1) is 16.0 Å². The van der Waals surface area contributed by atoms with Gasteiger partial charge in [0.2, 0.25) is 0 Å². The van der Waals surface area contributed by atoms with E-state index in [1.54, 1.807) is 31.3 Å². The van der Waals surface area contributed by atoms with Gasteiger partial charge in [0, 0.05) is 12.3 Å². The normalized spacial score (nSPS) is 11.7. The fourth-order valence-corrected chi connectivity index (χ4v) is 2.35. The molecule has 0 bridgehead atoms. The molecule has 1 unspecified atom stereocenters. The van der Waals surface area contributed by atoms with Crippen LogP contribution in [0.4, 0.5) is 5.69 Å². The summed E-state index contributed by atoms with van der Waals surface area (Å²) in [7, 11) is 0. The summed E-state index contributed by atoms with van der Waals surface area (Å²) in [4.78, 5) is 33.5. The second-order valence-corrected chi connectivity index (χ2v) is 5.28. The second kappa shape index (κ2) is 8.04. The topological polar surface area (TPSA) is 125 Å². The number of carboxylic acids is 1. The summed E-state index contributed by atoms with van der Waals surface area (Å²) in [5.41, 5.74) is 0.982. The Morgan fingerprint density at radius 3 is 2.76 bits per heavy atom. The SMILES string of the molecule is CCOC(=O)C(Cc1cnn(Cc2ccccc2[N+](=O)[O-])c1)C(=O)O. The number of benzene rings is 1. The third-order valence-electron chi connectivity index (χ3n) is 3.52. The van der Waals surface area contributed by atoms with Crippen LogP contribution in [0.5, 0.6) is 0 Å². The van der Waals surface area contributed by atoms with Crippen LogP contribution in [0.25, 0.3) is 0 Å². The molecule has 1 aromatic heterocycles. The van der Waals surface area contributed by atoms with Gasteiger partial charge in [0.15, 0.2) is 5.92 Å². The summed E-state index contributed by atoms with van der Waals surface area (Å²) in [6.07, 6.45) is 2.93. The Balaban J connectivity index is 2.13. The summed E-state index contributed by atoms with van der Waals surface area (Å²) in [5.74, 6) is -3.39. The van der Waals surface area contributed by atoms with Crippen LogP contribution >= 0.6 is 0 Å². The van der Waals surface area contributed by atoms with E-state index in [0.29, 0.717) is 11.1 Å². The standard InChI is InChI=1S/C16H17N3O6/c1-2-25-16(22)13(15(20)21)7-11-8-17-18(9-11)10-12-5-3-4-6-14(12)19(23)24/h3-6,8-9,13H,2,7,10H2,1H3,(H,20,21). The van der Waals surface area contributed by atoms with Gasteiger partial charge in [-0.25, -0.2) is 0 Å². The minimum Gasteiger partial charge on any atom is -0.481 e. The van der Waals surface area contributed by atoms with E-state index < -0.39 is 22.8 Å². The molecule has 9 heteroatoms. The van der Waals surface area contributed by atoms with E-state index in [4.69, 9.17) is 9.84 Å². The van der Waals surface area contributed by atoms with Crippen molar-refractivity contribution in [3.63, 3.8) is 0 Å². The number of aromatic nitrogens is 2. The maximum atomic E-state index is 11.7. The lowest BCUT2D eigenvalue weighted by Gasteiger charge is -2.09. The number of carbonyl (C=O) groups is 2. The van der Waals surface area contributed by atoms with Gasteiger partial charge in [0.1, 0.15) is 0 Å². The van der Waals surface area contributed by atoms with E-state index in [0.717, 1.165) is 0 Å². The number of ether oxygens (including phenoxy) is 1. The molecule has 0 radical (unpaired) electrons. The molecule has 1 aromatic carbocycles. The number of rotatable bonds is 8. The van der Waals surface area contributed by atoms with E-state index in [-0.39, 0.29) is 25.3 Å². The summed E-state index contributed by atoms with van der Waals surface area (Å²) in [6, 6.07) is 6.29. The van der Waals surface area contributed by atoms with E-state index >= 15 is 0 Å². The van der Waals surface area contributed by atoms with E-state index in [9.17, 15) is 19.7 Å². The Kier molecular flexibility index (Phi) is 5.83. The molecule has 1 atom stereocenters. The molecule has 0 aliphatic rings. The van der Waals surface area contributed by atoms with Gasteiger partial charge in [0.05, 0.1) is 29.8 Å². The largest absolute Gasteiger partial charge is 0.481 e. The van der Waals surface area contributed by atoms with Crippen molar-refractivity contribution in [1.29, 1.82) is 0 Å². The van der Waals surface area contributed by atoms with Crippen LogP contribution in [0.2, 0.25) is 0 Å². The van der Waals surface area contributed by atoms with Gasteiger partial charge in [-0.3, -0.25) is 24.4 Å². The number of nitro groups is 1. The van der Waals surface area contributed by atoms with Gasteiger partial charge in [-0.2, -0.15) is 5.10 Å². The molecule has 1 heterocycles. The van der Waals surface area contributed by atoms with Crippen molar-refractivity contribution >= 4 is 17.6 Å². The van der Waals surface area contributed by atoms with Crippen molar-refractivity contribution in [3.05, 3.63) is 57.9 Å². The number of para-hydroxylation sites is 1. The summed E-state index contributed by atoms with van der Waals surface area (Å²) < 4.78 is 6.22. The van der Waals surface area contributed by atoms with Gasteiger partial charge in [-0.05, 0) is 18.9 Å². The zero-order valence-electron chi connectivity index (χ0n) is 13.5. The zero-order valence-corrected chi connectivity index (χ0v) is 13.5. The predicted octanol–water partition coefficient (Wildman–Crippen LogP) is 1.65. The molecule has 0 fully saturated rings. The molecule has 0 spiro atoms. The Bertz CT molecular complexity index is 786. The first kappa shape index (κ1) is 18.1. The smallest absolute Gasteiger partial charge is 0.320 e. The van der Waals surface area contributed by atoms with E-state index in [2.05, 4.69) is 5.10 Å². The molecular formula is C16H17N3O6. The Hall–Kier alpha value is -3.23. The van der Waals surface area contributed by atoms with Crippen LogP contribution in [0.15, 0.2) is 36.7 Å². The molecular weight excluding hydrogens is 330 g/mol. The third kappa shape index (κ3) is 4.63. The van der Waals surface area contributed by atoms with Crippen LogP contribution in [0.3, 0.4) is 0 Å². The molecule has 0 aliphatic carbocycles. The van der Waals surface area contributed by atoms with Crippen LogP contribution < -0.4 is 0 Å². The van der Waals surface area contributed by atoms with Gasteiger partial charge in [-0.15, -0.1) is 0 Å². The lowest BCUT2D eigenvalue weighted by atomic mass is 10.0. The van der Waals surface area contributed by atoms with E-state index in [1.807, 2.05) is 0 Å². The molecule has 132 valence electrons. The third-order valence-corrected chi connectivity index (χ3v) is 3.52. The highest BCUT2D eigenvalue weighted by Gasteiger charge is 2.28. The number of carbonyl (C=O) groups excluding carboxylic acids is 1. The highest BCUT2D eigenvalue weighted by molar-refractivity contribution is 5.94. The monoisotopic (exact) mass is 347 g/mol. The minimum atomic E-state index is -1.32. The number of carboxylic acid groups (broad SMARTS) is 1. The molecule has 0 saturated carbocycles. The van der Waals surface area contributed by atoms with Gasteiger partial charge in [-0.1, -0.05) is 18.2 Å². The fraction of sp³-hybridized carbons (Fsp3) is 0.312. The number of hydrogen-bond acceptors (Lipinski definition) is 6. The molecule has 25 heavy (non-hydrogen) atoms. The van der Waals surface area contributed by atoms with Crippen molar-refractivity contribution in [2.75, 3.05) is 6.61 Å². The van der Waals surface area contributed by atoms with Crippen LogP contribution in [-0.4, -0.2) is 38.4 Å². The van der Waals surface area contributed by atoms with Crippen molar-refractivity contribution < 1.29 is 24.4 Å². The maximum absolute atomic E-state index is 11.7. The van der Waals surface area contributed by atoms with Crippen molar-refractivity contribution in [3.8, 4) is 0 Å². The Morgan fingerprint density at radius 2 is 2.12 bits per heavy atom. The summed E-state index contributed by atoms with van der Waals surface area (Å²) >= 11 is 0. The van der Waals surface area contributed by atoms with E-state index in [1.165, 1.54) is 16.9 Å². The first-order valence-electron chi connectivity index (χ1n) is 7.55. The van der Waals surface area contributed by atoms with Gasteiger partial charge < -0.3 is 9.84 Å². The molecule has 1 N–H and O–H groups in total. The molecule has 2 rings (SSSR count). The van der Waals surface area contributed by atoms with Crippen molar-refractivity contribution in [2.24, 2.45) is 5.92 Å². The number of esters is 1. The van der Waals surface area contributed by atoms with Crippen molar-refractivity contribution in [1.82, 2.24) is 9.78 Å². The molecule has 9 nitrogen and oxygen atoms in total. The second-order valence-electron chi connectivity index (χ2n) is 5.28. The van der Waals surface area contributed by atoms with Crippen LogP contribution in [0.1, 0.15) is 18.1 Å². The van der Waals surface area contributed by atoms with Crippen LogP contribution in [-0.2, 0) is 27.3 Å². The number of aliphatic carboxylic acids is 1. The van der Waals surface area contributed by atoms with Gasteiger partial charge in [0.25, 0.3) is 5.69 Å². The minimum absolute atomic E-state index is 0.0190. The quantitative estimate of drug-likeness (QED) is 0.333. The zero-order chi connectivity index (χ0) is 18.4. The maximum Gasteiger partial charge on any atom is 0.320 e. The average molecular weight is 347 g/mol. The highest BCUT2D eigenvalue weighted by atomic mass is 16.6. The molecule has 0 aliphatic heterocycles. The lowest BCUT2D eigenvalue weighted by molar-refractivity contribution is -0.385. The average Bonchev–Trinajstić information content (AvgIpc) is 3.00. The first-order valence-corrected chi connectivity index (χ1v) is 7.55. The lowest BCUT2D eigenvalue weighted by Crippen LogP contribution is -2.27. The number of nitrogens with zero attached hydrogens (tertiary/aromatic N) is 3. The van der Waals surface area contributed by atoms with Crippen molar-refractivity contribution in [2.45, 2.75) is 19.9 Å². The fourth-order valence-electron chi connectivity index (χ4n) is 2.35. The summed E-state index contributed by atoms with van der Waals surface area (Å²) in [5, 5.41) is 24.3. The molecule has 0 amide bonds. The Labute approximate surface area is 143 Å². The number of hydrogen-bond donors (Lipinski definition) is 1. The summed E-state index contributed by atoms with van der Waals surface area (Å²) in [6.45, 7) is 1.86. The van der Waals surface area contributed by atoms with Gasteiger partial charge >= 0.3 is 11.9 Å². The molecule has 2 aromatic rings. The molecule has 0 saturated heterocycles.